The Balaban J connectivity index is 1.88. The molecule has 3 rings (SSSR count). The number of furan rings is 1. The van der Waals surface area contributed by atoms with E-state index in [0.717, 1.165) is 0 Å². The molecule has 2 heterocycles. The maximum atomic E-state index is 12.5. The number of nitriles is 2. The lowest BCUT2D eigenvalue weighted by Gasteiger charge is -2.06. The predicted molar refractivity (Wildman–Crippen MR) is 87.8 cm³/mol. The molecular formula is C19H13N3O3. The number of nitrogens with zero attached hydrogens (tertiary/aromatic N) is 3. The van der Waals surface area contributed by atoms with Crippen LogP contribution >= 0.6 is 0 Å². The largest absolute Gasteiger partial charge is 0.457 e. The third kappa shape index (κ3) is 3.01. The average molecular weight is 331 g/mol. The van der Waals surface area contributed by atoms with Gasteiger partial charge in [0.2, 0.25) is 5.88 Å². The molecule has 0 saturated heterocycles. The van der Waals surface area contributed by atoms with Crippen LogP contribution in [0.25, 0.3) is 5.88 Å². The van der Waals surface area contributed by atoms with Crippen LogP contribution in [0.5, 0.6) is 0 Å². The van der Waals surface area contributed by atoms with Gasteiger partial charge in [0.1, 0.15) is 29.6 Å². The van der Waals surface area contributed by atoms with E-state index in [2.05, 4.69) is 6.07 Å². The van der Waals surface area contributed by atoms with E-state index in [4.69, 9.17) is 14.4 Å². The summed E-state index contributed by atoms with van der Waals surface area (Å²) in [5.41, 5.74) is 1.25. The van der Waals surface area contributed by atoms with Gasteiger partial charge in [0.05, 0.1) is 11.6 Å². The normalized spacial score (nSPS) is 10.0. The van der Waals surface area contributed by atoms with Crippen molar-refractivity contribution < 1.29 is 13.9 Å². The SMILES string of the molecule is Cc1oc(-n2cccc2)c(C#N)c1C(=O)OCc1ccccc1C#N. The maximum absolute atomic E-state index is 12.5. The number of hydrogen-bond acceptors (Lipinski definition) is 5. The molecule has 6 nitrogen and oxygen atoms in total. The fraction of sp³-hybridized carbons (Fsp3) is 0.105. The Labute approximate surface area is 144 Å². The lowest BCUT2D eigenvalue weighted by Crippen LogP contribution is -2.08. The van der Waals surface area contributed by atoms with Crippen molar-refractivity contribution in [3.8, 4) is 18.0 Å². The second-order valence-corrected chi connectivity index (χ2v) is 5.26. The molecule has 0 atom stereocenters. The summed E-state index contributed by atoms with van der Waals surface area (Å²) in [4.78, 5) is 12.5. The molecule has 0 radical (unpaired) electrons. The second kappa shape index (κ2) is 6.77. The first-order chi connectivity index (χ1) is 12.2. The molecule has 1 aromatic carbocycles. The second-order valence-electron chi connectivity index (χ2n) is 5.26. The van der Waals surface area contributed by atoms with Crippen LogP contribution < -0.4 is 0 Å². The molecule has 3 aromatic rings. The van der Waals surface area contributed by atoms with Crippen molar-refractivity contribution >= 4 is 5.97 Å². The van der Waals surface area contributed by atoms with Crippen molar-refractivity contribution in [2.24, 2.45) is 0 Å². The highest BCUT2D eigenvalue weighted by molar-refractivity contribution is 5.94. The molecule has 0 amide bonds. The number of carbonyl (C=O) groups excluding carboxylic acids is 1. The predicted octanol–water partition coefficient (Wildman–Crippen LogP) is 3.48. The van der Waals surface area contributed by atoms with Gasteiger partial charge in [-0.05, 0) is 25.1 Å². The van der Waals surface area contributed by atoms with Crippen LogP contribution in [-0.4, -0.2) is 10.5 Å². The molecule has 0 unspecified atom stereocenters. The van der Waals surface area contributed by atoms with Gasteiger partial charge in [-0.25, -0.2) is 4.79 Å². The van der Waals surface area contributed by atoms with Crippen molar-refractivity contribution in [3.63, 3.8) is 0 Å². The quantitative estimate of drug-likeness (QED) is 0.682. The molecule has 0 bridgehead atoms. The molecule has 2 aromatic heterocycles. The third-order valence-corrected chi connectivity index (χ3v) is 3.72. The molecule has 0 aliphatic heterocycles. The Bertz CT molecular complexity index is 1000. The minimum absolute atomic E-state index is 0.0586. The van der Waals surface area contributed by atoms with Gasteiger partial charge in [-0.15, -0.1) is 0 Å². The van der Waals surface area contributed by atoms with E-state index < -0.39 is 5.97 Å². The van der Waals surface area contributed by atoms with Gasteiger partial charge < -0.3 is 9.15 Å². The van der Waals surface area contributed by atoms with Crippen LogP contribution in [0.15, 0.2) is 53.2 Å². The minimum Gasteiger partial charge on any atom is -0.457 e. The van der Waals surface area contributed by atoms with E-state index >= 15 is 0 Å². The average Bonchev–Trinajstić information content (AvgIpc) is 3.27. The van der Waals surface area contributed by atoms with Crippen LogP contribution in [0.2, 0.25) is 0 Å². The summed E-state index contributed by atoms with van der Waals surface area (Å²) < 4.78 is 12.5. The van der Waals surface area contributed by atoms with E-state index in [9.17, 15) is 10.1 Å². The Morgan fingerprint density at radius 3 is 2.56 bits per heavy atom. The van der Waals surface area contributed by atoms with Crippen molar-refractivity contribution in [1.82, 2.24) is 4.57 Å². The monoisotopic (exact) mass is 331 g/mol. The third-order valence-electron chi connectivity index (χ3n) is 3.72. The van der Waals surface area contributed by atoms with Crippen LogP contribution in [0, 0.1) is 29.6 Å². The number of hydrogen-bond donors (Lipinski definition) is 0. The summed E-state index contributed by atoms with van der Waals surface area (Å²) in [7, 11) is 0. The highest BCUT2D eigenvalue weighted by atomic mass is 16.5. The van der Waals surface area contributed by atoms with Gasteiger partial charge in [0, 0.05) is 18.0 Å². The smallest absolute Gasteiger partial charge is 0.343 e. The number of ether oxygens (including phenoxy) is 1. The number of rotatable bonds is 4. The lowest BCUT2D eigenvalue weighted by molar-refractivity contribution is 0.0470. The van der Waals surface area contributed by atoms with Crippen LogP contribution in [0.3, 0.4) is 0 Å². The summed E-state index contributed by atoms with van der Waals surface area (Å²) >= 11 is 0. The van der Waals surface area contributed by atoms with E-state index in [1.54, 1.807) is 60.3 Å². The molecule has 0 aliphatic carbocycles. The number of aryl methyl sites for hydroxylation is 1. The van der Waals surface area contributed by atoms with E-state index in [0.29, 0.717) is 16.9 Å². The van der Waals surface area contributed by atoms with Crippen molar-refractivity contribution in [2.45, 2.75) is 13.5 Å². The molecule has 0 spiro atoms. The van der Waals surface area contributed by atoms with E-state index in [1.807, 2.05) is 6.07 Å². The van der Waals surface area contributed by atoms with Crippen molar-refractivity contribution in [1.29, 1.82) is 10.5 Å². The Kier molecular flexibility index (Phi) is 4.36. The standard InChI is InChI=1S/C19H13N3O3/c1-13-17(16(11-21)18(25-13)22-8-4-5-9-22)19(23)24-12-15-7-3-2-6-14(15)10-20/h2-9H,12H2,1H3. The highest BCUT2D eigenvalue weighted by Crippen LogP contribution is 2.26. The topological polar surface area (TPSA) is 91.9 Å². The Morgan fingerprint density at radius 1 is 1.16 bits per heavy atom. The van der Waals surface area contributed by atoms with Gasteiger partial charge in [-0.2, -0.15) is 10.5 Å². The molecule has 0 fully saturated rings. The minimum atomic E-state index is -0.663. The fourth-order valence-electron chi connectivity index (χ4n) is 2.50. The van der Waals surface area contributed by atoms with Crippen LogP contribution in [0.4, 0.5) is 0 Å². The molecular weight excluding hydrogens is 318 g/mol. The van der Waals surface area contributed by atoms with Crippen molar-refractivity contribution in [3.05, 3.63) is 76.8 Å². The number of aromatic nitrogens is 1. The summed E-state index contributed by atoms with van der Waals surface area (Å²) in [6, 6.07) is 14.5. The van der Waals surface area contributed by atoms with Gasteiger partial charge in [0.15, 0.2) is 0 Å². The number of carbonyl (C=O) groups is 1. The Hall–Kier alpha value is -3.77. The van der Waals surface area contributed by atoms with Gasteiger partial charge in [0.25, 0.3) is 0 Å². The first kappa shape index (κ1) is 16.1. The van der Waals surface area contributed by atoms with Gasteiger partial charge in [-0.3, -0.25) is 4.57 Å². The van der Waals surface area contributed by atoms with Gasteiger partial charge >= 0.3 is 5.97 Å². The molecule has 0 N–H and O–H groups in total. The molecule has 122 valence electrons. The number of esters is 1. The zero-order chi connectivity index (χ0) is 17.8. The highest BCUT2D eigenvalue weighted by Gasteiger charge is 2.25. The summed E-state index contributed by atoms with van der Waals surface area (Å²) in [5, 5.41) is 18.5. The Morgan fingerprint density at radius 2 is 1.88 bits per heavy atom. The van der Waals surface area contributed by atoms with Crippen molar-refractivity contribution in [2.75, 3.05) is 0 Å². The molecule has 25 heavy (non-hydrogen) atoms. The molecule has 6 heteroatoms. The maximum Gasteiger partial charge on any atom is 0.343 e. The zero-order valence-electron chi connectivity index (χ0n) is 13.4. The zero-order valence-corrected chi connectivity index (χ0v) is 13.4. The van der Waals surface area contributed by atoms with Crippen LogP contribution in [-0.2, 0) is 11.3 Å². The summed E-state index contributed by atoms with van der Waals surface area (Å²) in [6.07, 6.45) is 3.44. The summed E-state index contributed by atoms with van der Waals surface area (Å²) in [5.74, 6) is -0.0860. The molecule has 0 aliphatic rings. The molecule has 0 saturated carbocycles. The fourth-order valence-corrected chi connectivity index (χ4v) is 2.50. The first-order valence-corrected chi connectivity index (χ1v) is 7.47. The lowest BCUT2D eigenvalue weighted by atomic mass is 10.1. The van der Waals surface area contributed by atoms with Crippen LogP contribution in [0.1, 0.15) is 32.8 Å². The van der Waals surface area contributed by atoms with E-state index in [1.165, 1.54) is 0 Å². The summed E-state index contributed by atoms with van der Waals surface area (Å²) in [6.45, 7) is 1.55. The van der Waals surface area contributed by atoms with Gasteiger partial charge in [-0.1, -0.05) is 18.2 Å². The van der Waals surface area contributed by atoms with E-state index in [-0.39, 0.29) is 23.6 Å². The first-order valence-electron chi connectivity index (χ1n) is 7.47. The number of benzene rings is 1.